The van der Waals surface area contributed by atoms with Gasteiger partial charge in [-0.05, 0) is 12.1 Å². The minimum absolute atomic E-state index is 0.0171. The van der Waals surface area contributed by atoms with Crippen LogP contribution in [0.3, 0.4) is 0 Å². The molecule has 0 saturated carbocycles. The fraction of sp³-hybridized carbons (Fsp3) is 0.500. The number of quaternary nitrogens is 1. The van der Waals surface area contributed by atoms with Gasteiger partial charge in [-0.25, -0.2) is 0 Å². The van der Waals surface area contributed by atoms with Crippen LogP contribution in [-0.2, 0) is 4.79 Å². The molecule has 1 aliphatic heterocycles. The van der Waals surface area contributed by atoms with E-state index in [0.717, 1.165) is 13.1 Å². The maximum Gasteiger partial charge on any atom is 0.279 e. The van der Waals surface area contributed by atoms with Crippen LogP contribution in [-0.4, -0.2) is 39.8 Å². The number of carbonyl (C=O) groups is 1. The molecule has 1 amide bonds. The van der Waals surface area contributed by atoms with Crippen LogP contribution in [0.15, 0.2) is 18.2 Å². The molecule has 1 aromatic rings. The minimum Gasteiger partial charge on any atom is -0.497 e. The van der Waals surface area contributed by atoms with E-state index in [1.54, 1.807) is 32.4 Å². The highest BCUT2D eigenvalue weighted by Gasteiger charge is 2.19. The molecule has 0 aromatic heterocycles. The summed E-state index contributed by atoms with van der Waals surface area (Å²) in [6.45, 7) is 2.69. The number of hydrogen-bond acceptors (Lipinski definition) is 3. The number of methoxy groups -OCH3 is 2. The average Bonchev–Trinajstić information content (AvgIpc) is 2.91. The standard InChI is InChI=1S/C14H20N2O3/c1-18-11-5-6-13(19-2)12(9-11)15-14(17)10-16-7-3-4-8-16/h5-6,9H,3-4,7-8,10H2,1-2H3,(H,15,17)/p+1. The summed E-state index contributed by atoms with van der Waals surface area (Å²) in [5.41, 5.74) is 0.658. The Morgan fingerprint density at radius 3 is 2.63 bits per heavy atom. The van der Waals surface area contributed by atoms with E-state index in [-0.39, 0.29) is 5.91 Å². The third-order valence-corrected chi connectivity index (χ3v) is 3.40. The SMILES string of the molecule is COc1ccc(OC)c(NC(=O)C[NH+]2CCCC2)c1. The first-order valence-electron chi connectivity index (χ1n) is 6.58. The number of hydrogen-bond donors (Lipinski definition) is 2. The Morgan fingerprint density at radius 1 is 1.26 bits per heavy atom. The maximum absolute atomic E-state index is 12.0. The van der Waals surface area contributed by atoms with E-state index in [4.69, 9.17) is 9.47 Å². The van der Waals surface area contributed by atoms with E-state index in [2.05, 4.69) is 5.32 Å². The zero-order chi connectivity index (χ0) is 13.7. The second-order valence-corrected chi connectivity index (χ2v) is 4.75. The van der Waals surface area contributed by atoms with Crippen LogP contribution in [0.5, 0.6) is 11.5 Å². The molecule has 0 bridgehead atoms. The first-order valence-corrected chi connectivity index (χ1v) is 6.58. The van der Waals surface area contributed by atoms with Gasteiger partial charge in [-0.1, -0.05) is 0 Å². The van der Waals surface area contributed by atoms with Gasteiger partial charge in [0.1, 0.15) is 11.5 Å². The summed E-state index contributed by atoms with van der Waals surface area (Å²) in [7, 11) is 3.19. The highest BCUT2D eigenvalue weighted by Crippen LogP contribution is 2.28. The number of rotatable bonds is 5. The van der Waals surface area contributed by atoms with Gasteiger partial charge in [0, 0.05) is 18.9 Å². The van der Waals surface area contributed by atoms with Gasteiger partial charge >= 0.3 is 0 Å². The van der Waals surface area contributed by atoms with Crippen molar-refractivity contribution in [3.63, 3.8) is 0 Å². The Morgan fingerprint density at radius 2 is 2.00 bits per heavy atom. The Labute approximate surface area is 113 Å². The predicted molar refractivity (Wildman–Crippen MR) is 73.0 cm³/mol. The quantitative estimate of drug-likeness (QED) is 0.806. The molecule has 104 valence electrons. The summed E-state index contributed by atoms with van der Waals surface area (Å²) >= 11 is 0. The molecule has 1 heterocycles. The molecule has 5 nitrogen and oxygen atoms in total. The van der Waals surface area contributed by atoms with Gasteiger partial charge in [0.2, 0.25) is 0 Å². The van der Waals surface area contributed by atoms with Crippen molar-refractivity contribution < 1.29 is 19.2 Å². The van der Waals surface area contributed by atoms with Crippen LogP contribution in [0.25, 0.3) is 0 Å². The second-order valence-electron chi connectivity index (χ2n) is 4.75. The zero-order valence-electron chi connectivity index (χ0n) is 11.5. The highest BCUT2D eigenvalue weighted by molar-refractivity contribution is 5.93. The van der Waals surface area contributed by atoms with Crippen molar-refractivity contribution in [1.29, 1.82) is 0 Å². The lowest BCUT2D eigenvalue weighted by atomic mass is 10.2. The molecule has 0 atom stereocenters. The molecule has 0 radical (unpaired) electrons. The second kappa shape index (κ2) is 6.43. The summed E-state index contributed by atoms with van der Waals surface area (Å²) in [5, 5.41) is 2.90. The van der Waals surface area contributed by atoms with Gasteiger partial charge < -0.3 is 19.7 Å². The molecule has 1 aliphatic rings. The Bertz CT molecular complexity index is 442. The normalized spacial score (nSPS) is 15.3. The first-order chi connectivity index (χ1) is 9.22. The van der Waals surface area contributed by atoms with Crippen LogP contribution in [0.2, 0.25) is 0 Å². The van der Waals surface area contributed by atoms with E-state index < -0.39 is 0 Å². The lowest BCUT2D eigenvalue weighted by Crippen LogP contribution is -3.11. The van der Waals surface area contributed by atoms with Gasteiger partial charge in [-0.2, -0.15) is 0 Å². The van der Waals surface area contributed by atoms with Gasteiger partial charge in [0.25, 0.3) is 5.91 Å². The molecule has 0 unspecified atom stereocenters. The number of nitrogens with one attached hydrogen (secondary N) is 2. The van der Waals surface area contributed by atoms with E-state index in [9.17, 15) is 4.79 Å². The molecule has 1 fully saturated rings. The Kier molecular flexibility index (Phi) is 4.63. The Hall–Kier alpha value is -1.75. The van der Waals surface area contributed by atoms with Crippen molar-refractivity contribution in [2.75, 3.05) is 39.2 Å². The molecule has 5 heteroatoms. The summed E-state index contributed by atoms with van der Waals surface area (Å²) in [5.74, 6) is 1.36. The highest BCUT2D eigenvalue weighted by atomic mass is 16.5. The molecule has 0 spiro atoms. The summed E-state index contributed by atoms with van der Waals surface area (Å²) in [6.07, 6.45) is 2.43. The summed E-state index contributed by atoms with van der Waals surface area (Å²) in [6, 6.07) is 5.37. The topological polar surface area (TPSA) is 52.0 Å². The van der Waals surface area contributed by atoms with Crippen LogP contribution < -0.4 is 19.7 Å². The first kappa shape index (κ1) is 13.7. The fourth-order valence-corrected chi connectivity index (χ4v) is 2.38. The Balaban J connectivity index is 2.01. The molecule has 19 heavy (non-hydrogen) atoms. The van der Waals surface area contributed by atoms with Crippen molar-refractivity contribution in [2.45, 2.75) is 12.8 Å². The van der Waals surface area contributed by atoms with Crippen molar-refractivity contribution in [2.24, 2.45) is 0 Å². The van der Waals surface area contributed by atoms with Gasteiger partial charge in [-0.15, -0.1) is 0 Å². The van der Waals surface area contributed by atoms with Crippen molar-refractivity contribution in [1.82, 2.24) is 0 Å². The van der Waals surface area contributed by atoms with Crippen molar-refractivity contribution in [3.8, 4) is 11.5 Å². The maximum atomic E-state index is 12.0. The fourth-order valence-electron chi connectivity index (χ4n) is 2.38. The monoisotopic (exact) mass is 265 g/mol. The summed E-state index contributed by atoms with van der Waals surface area (Å²) in [4.78, 5) is 13.4. The number of amides is 1. The van der Waals surface area contributed by atoms with E-state index in [0.29, 0.717) is 23.7 Å². The number of benzene rings is 1. The smallest absolute Gasteiger partial charge is 0.279 e. The van der Waals surface area contributed by atoms with Gasteiger partial charge in [0.05, 0.1) is 33.0 Å². The largest absolute Gasteiger partial charge is 0.497 e. The van der Waals surface area contributed by atoms with Gasteiger partial charge in [-0.3, -0.25) is 4.79 Å². The minimum atomic E-state index is 0.0171. The van der Waals surface area contributed by atoms with Crippen LogP contribution in [0, 0.1) is 0 Å². The number of anilines is 1. The van der Waals surface area contributed by atoms with E-state index >= 15 is 0 Å². The molecular weight excluding hydrogens is 244 g/mol. The molecule has 2 N–H and O–H groups in total. The lowest BCUT2D eigenvalue weighted by molar-refractivity contribution is -0.878. The van der Waals surface area contributed by atoms with Crippen LogP contribution in [0.1, 0.15) is 12.8 Å². The molecular formula is C14H21N2O3+. The predicted octanol–water partition coefficient (Wildman–Crippen LogP) is 0.321. The lowest BCUT2D eigenvalue weighted by Gasteiger charge is -2.14. The van der Waals surface area contributed by atoms with Gasteiger partial charge in [0.15, 0.2) is 6.54 Å². The third-order valence-electron chi connectivity index (χ3n) is 3.40. The van der Waals surface area contributed by atoms with Crippen molar-refractivity contribution >= 4 is 11.6 Å². The van der Waals surface area contributed by atoms with E-state index in [1.165, 1.54) is 17.7 Å². The van der Waals surface area contributed by atoms with Crippen LogP contribution in [0.4, 0.5) is 5.69 Å². The third kappa shape index (κ3) is 3.61. The number of ether oxygens (including phenoxy) is 2. The van der Waals surface area contributed by atoms with Crippen LogP contribution >= 0.6 is 0 Å². The molecule has 1 aromatic carbocycles. The zero-order valence-corrected chi connectivity index (χ0v) is 11.5. The molecule has 0 aliphatic carbocycles. The number of carbonyl (C=O) groups excluding carboxylic acids is 1. The van der Waals surface area contributed by atoms with Crippen molar-refractivity contribution in [3.05, 3.63) is 18.2 Å². The van der Waals surface area contributed by atoms with E-state index in [1.807, 2.05) is 0 Å². The molecule has 1 saturated heterocycles. The summed E-state index contributed by atoms with van der Waals surface area (Å²) < 4.78 is 10.4. The molecule has 2 rings (SSSR count). The average molecular weight is 265 g/mol. The number of likely N-dealkylation sites (tertiary alicyclic amines) is 1.